The monoisotopic (exact) mass is 172 g/mol. The molecule has 0 fully saturated rings. The van der Waals surface area contributed by atoms with Gasteiger partial charge in [-0.2, -0.15) is 0 Å². The first kappa shape index (κ1) is 7.92. The number of aromatic nitrogens is 2. The zero-order valence-corrected chi connectivity index (χ0v) is 7.59. The van der Waals surface area contributed by atoms with Crippen LogP contribution in [0.2, 0.25) is 0 Å². The van der Waals surface area contributed by atoms with E-state index in [2.05, 4.69) is 34.8 Å². The summed E-state index contributed by atoms with van der Waals surface area (Å²) >= 11 is 0. The minimum absolute atomic E-state index is 0.939. The van der Waals surface area contributed by atoms with Crippen molar-refractivity contribution in [2.45, 2.75) is 6.92 Å². The largest absolute Gasteiger partial charge is 0.359 e. The van der Waals surface area contributed by atoms with Crippen molar-refractivity contribution in [2.24, 2.45) is 0 Å². The highest BCUT2D eigenvalue weighted by atomic mass is 14.7. The molecule has 2 heterocycles. The Morgan fingerprint density at radius 3 is 2.54 bits per heavy atom. The second-order valence-corrected chi connectivity index (χ2v) is 3.18. The van der Waals surface area contributed by atoms with Crippen LogP contribution >= 0.6 is 0 Å². The standard InChI is InChI=1S/C11H12N2/c1-8-3-5-10(12-8)7-11-6-4-9(2)13-11/h3-7,12-13H,1H2,2H3/b10-7-. The maximum atomic E-state index is 3.80. The van der Waals surface area contributed by atoms with Gasteiger partial charge in [0.1, 0.15) is 0 Å². The molecule has 2 aromatic rings. The van der Waals surface area contributed by atoms with Gasteiger partial charge in [-0.05, 0) is 37.3 Å². The molecule has 2 N–H and O–H groups in total. The number of nitrogens with one attached hydrogen (secondary N) is 2. The third-order valence-corrected chi connectivity index (χ3v) is 1.93. The minimum atomic E-state index is 0.939. The minimum Gasteiger partial charge on any atom is -0.359 e. The van der Waals surface area contributed by atoms with Gasteiger partial charge in [-0.15, -0.1) is 0 Å². The Balaban J connectivity index is 2.46. The van der Waals surface area contributed by atoms with Crippen LogP contribution in [0.3, 0.4) is 0 Å². The molecule has 0 saturated heterocycles. The molecule has 0 aliphatic carbocycles. The molecule has 13 heavy (non-hydrogen) atoms. The Morgan fingerprint density at radius 1 is 1.15 bits per heavy atom. The van der Waals surface area contributed by atoms with Gasteiger partial charge in [0.15, 0.2) is 0 Å². The number of hydrogen-bond acceptors (Lipinski definition) is 0. The third-order valence-electron chi connectivity index (χ3n) is 1.93. The zero-order valence-electron chi connectivity index (χ0n) is 7.59. The van der Waals surface area contributed by atoms with Gasteiger partial charge in [-0.1, -0.05) is 6.58 Å². The van der Waals surface area contributed by atoms with Gasteiger partial charge in [0.05, 0.1) is 0 Å². The lowest BCUT2D eigenvalue weighted by Crippen LogP contribution is -2.07. The molecule has 0 unspecified atom stereocenters. The number of rotatable bonds is 1. The maximum absolute atomic E-state index is 3.80. The number of H-pyrrole nitrogens is 2. The maximum Gasteiger partial charge on any atom is 0.0405 e. The van der Waals surface area contributed by atoms with E-state index in [9.17, 15) is 0 Å². The Kier molecular flexibility index (Phi) is 1.81. The summed E-state index contributed by atoms with van der Waals surface area (Å²) in [7, 11) is 0. The van der Waals surface area contributed by atoms with Crippen LogP contribution < -0.4 is 10.7 Å². The molecule has 0 radical (unpaired) electrons. The van der Waals surface area contributed by atoms with Crippen molar-refractivity contribution in [3.05, 3.63) is 46.4 Å². The van der Waals surface area contributed by atoms with E-state index in [1.165, 1.54) is 5.69 Å². The van der Waals surface area contributed by atoms with Crippen LogP contribution in [0.1, 0.15) is 11.4 Å². The topological polar surface area (TPSA) is 31.6 Å². The number of hydrogen-bond donors (Lipinski definition) is 2. The predicted molar refractivity (Wildman–Crippen MR) is 54.7 cm³/mol. The van der Waals surface area contributed by atoms with E-state index < -0.39 is 0 Å². The van der Waals surface area contributed by atoms with Crippen molar-refractivity contribution in [1.82, 2.24) is 9.97 Å². The molecule has 2 nitrogen and oxygen atoms in total. The van der Waals surface area contributed by atoms with Crippen molar-refractivity contribution in [1.29, 1.82) is 0 Å². The Hall–Kier alpha value is -1.70. The van der Waals surface area contributed by atoms with Gasteiger partial charge in [-0.25, -0.2) is 0 Å². The third kappa shape index (κ3) is 1.72. The first-order chi connectivity index (χ1) is 6.24. The van der Waals surface area contributed by atoms with Crippen molar-refractivity contribution < 1.29 is 0 Å². The molecule has 0 bridgehead atoms. The van der Waals surface area contributed by atoms with E-state index in [0.717, 1.165) is 16.4 Å². The van der Waals surface area contributed by atoms with Gasteiger partial charge in [0.25, 0.3) is 0 Å². The summed E-state index contributed by atoms with van der Waals surface area (Å²) in [4.78, 5) is 6.38. The van der Waals surface area contributed by atoms with Gasteiger partial charge >= 0.3 is 0 Å². The molecule has 0 amide bonds. The van der Waals surface area contributed by atoms with Gasteiger partial charge < -0.3 is 9.97 Å². The highest BCUT2D eigenvalue weighted by Gasteiger charge is 1.89. The first-order valence-electron chi connectivity index (χ1n) is 4.25. The molecule has 2 rings (SSSR count). The fourth-order valence-corrected chi connectivity index (χ4v) is 1.32. The SMILES string of the molecule is C=c1cc/c(=C/c2ccc(C)[nH]2)[nH]1. The van der Waals surface area contributed by atoms with Crippen LogP contribution in [0.25, 0.3) is 12.7 Å². The summed E-state index contributed by atoms with van der Waals surface area (Å²) in [6.07, 6.45) is 2.06. The molecule has 0 atom stereocenters. The van der Waals surface area contributed by atoms with Crippen molar-refractivity contribution in [2.75, 3.05) is 0 Å². The lowest BCUT2D eigenvalue weighted by molar-refractivity contribution is 1.23. The van der Waals surface area contributed by atoms with E-state index in [4.69, 9.17) is 0 Å². The molecular weight excluding hydrogens is 160 g/mol. The summed E-state index contributed by atoms with van der Waals surface area (Å²) in [6, 6.07) is 8.08. The van der Waals surface area contributed by atoms with E-state index >= 15 is 0 Å². The van der Waals surface area contributed by atoms with Gasteiger partial charge in [0.2, 0.25) is 0 Å². The fourth-order valence-electron chi connectivity index (χ4n) is 1.32. The summed E-state index contributed by atoms with van der Waals surface area (Å²) in [5, 5.41) is 2.02. The molecule has 0 aliphatic heterocycles. The predicted octanol–water partition coefficient (Wildman–Crippen LogP) is 0.890. The molecule has 0 saturated carbocycles. The van der Waals surface area contributed by atoms with Gasteiger partial charge in [0, 0.05) is 22.1 Å². The van der Waals surface area contributed by atoms with E-state index in [-0.39, 0.29) is 0 Å². The van der Waals surface area contributed by atoms with Crippen LogP contribution in [-0.2, 0) is 0 Å². The highest BCUT2D eigenvalue weighted by Crippen LogP contribution is 1.99. The number of aromatic amines is 2. The fraction of sp³-hybridized carbons (Fsp3) is 0.0909. The van der Waals surface area contributed by atoms with Crippen LogP contribution in [0, 0.1) is 6.92 Å². The average molecular weight is 172 g/mol. The molecule has 2 aromatic heterocycles. The smallest absolute Gasteiger partial charge is 0.0405 e. The zero-order chi connectivity index (χ0) is 9.26. The van der Waals surface area contributed by atoms with Crippen LogP contribution in [-0.4, -0.2) is 9.97 Å². The molecular formula is C11H12N2. The Labute approximate surface area is 76.6 Å². The molecule has 0 aromatic carbocycles. The Morgan fingerprint density at radius 2 is 2.00 bits per heavy atom. The first-order valence-corrected chi connectivity index (χ1v) is 4.25. The summed E-state index contributed by atoms with van der Waals surface area (Å²) < 4.78 is 0. The lowest BCUT2D eigenvalue weighted by atomic mass is 10.4. The van der Waals surface area contributed by atoms with Crippen LogP contribution in [0.15, 0.2) is 24.3 Å². The van der Waals surface area contributed by atoms with E-state index in [1.807, 2.05) is 19.1 Å². The average Bonchev–Trinajstić information content (AvgIpc) is 2.62. The summed E-state index contributed by atoms with van der Waals surface area (Å²) in [5.74, 6) is 0. The normalized spacial score (nSPS) is 12.2. The van der Waals surface area contributed by atoms with Crippen LogP contribution in [0.4, 0.5) is 0 Å². The highest BCUT2D eigenvalue weighted by molar-refractivity contribution is 5.44. The summed E-state index contributed by atoms with van der Waals surface area (Å²) in [5.41, 5.74) is 2.28. The quantitative estimate of drug-likeness (QED) is 0.640. The molecule has 2 heteroatoms. The molecule has 66 valence electrons. The molecule has 0 aliphatic rings. The van der Waals surface area contributed by atoms with E-state index in [1.54, 1.807) is 0 Å². The van der Waals surface area contributed by atoms with Crippen molar-refractivity contribution in [3.8, 4) is 0 Å². The van der Waals surface area contributed by atoms with E-state index in [0.29, 0.717) is 0 Å². The van der Waals surface area contributed by atoms with Gasteiger partial charge in [-0.3, -0.25) is 0 Å². The summed E-state index contributed by atoms with van der Waals surface area (Å²) in [6.45, 7) is 5.84. The van der Waals surface area contributed by atoms with Crippen LogP contribution in [0.5, 0.6) is 0 Å². The Bertz CT molecular complexity index is 502. The lowest BCUT2D eigenvalue weighted by Gasteiger charge is -1.83. The second kappa shape index (κ2) is 2.98. The number of aryl methyl sites for hydroxylation is 1. The second-order valence-electron chi connectivity index (χ2n) is 3.18. The van der Waals surface area contributed by atoms with Crippen molar-refractivity contribution >= 4 is 12.7 Å². The van der Waals surface area contributed by atoms with Crippen molar-refractivity contribution in [3.63, 3.8) is 0 Å². The molecule has 0 spiro atoms.